The van der Waals surface area contributed by atoms with Crippen LogP contribution >= 0.6 is 0 Å². The van der Waals surface area contributed by atoms with Crippen molar-refractivity contribution in [2.75, 3.05) is 0 Å². The molecule has 0 spiro atoms. The molecule has 0 radical (unpaired) electrons. The van der Waals surface area contributed by atoms with E-state index in [1.165, 1.54) is 54.1 Å². The van der Waals surface area contributed by atoms with Gasteiger partial charge in [-0.2, -0.15) is 0 Å². The first-order valence-corrected chi connectivity index (χ1v) is 17.4. The molecule has 51 heavy (non-hydrogen) atoms. The molecule has 0 bridgehead atoms. The lowest BCUT2D eigenvalue weighted by Gasteiger charge is -2.16. The lowest BCUT2D eigenvalue weighted by molar-refractivity contribution is 0.981. The molecule has 4 aromatic heterocycles. The summed E-state index contributed by atoms with van der Waals surface area (Å²) in [5.41, 5.74) is 9.58. The van der Waals surface area contributed by atoms with Crippen molar-refractivity contribution in [3.8, 4) is 11.6 Å². The Morgan fingerprint density at radius 3 is 1.80 bits per heavy atom. The van der Waals surface area contributed by atoms with Crippen molar-refractivity contribution in [1.29, 1.82) is 0 Å². The van der Waals surface area contributed by atoms with Crippen LogP contribution in [0.4, 0.5) is 0 Å². The molecule has 12 rings (SSSR count). The Morgan fingerprint density at radius 1 is 0.373 bits per heavy atom. The molecule has 0 unspecified atom stereocenters. The van der Waals surface area contributed by atoms with E-state index in [1.54, 1.807) is 0 Å². The summed E-state index contributed by atoms with van der Waals surface area (Å²) in [4.78, 5) is 10.6. The Bertz CT molecular complexity index is 3430. The molecule has 12 aromatic rings. The summed E-state index contributed by atoms with van der Waals surface area (Å²) < 4.78 is 7.08. The van der Waals surface area contributed by atoms with Gasteiger partial charge < -0.3 is 4.57 Å². The third-order valence-corrected chi connectivity index (χ3v) is 10.8. The summed E-state index contributed by atoms with van der Waals surface area (Å²) in [5, 5.41) is 10.8. The minimum Gasteiger partial charge on any atom is -0.309 e. The SMILES string of the molecule is c1ccc2c(c1)ccc1c2c2ccccc2n1-c1cc2c3ccccc3n(-c3nc4ccccc4c4nc5ccccc5n34)c2c2ccccc12. The zero-order valence-corrected chi connectivity index (χ0v) is 27.3. The molecule has 0 aliphatic rings. The van der Waals surface area contributed by atoms with Crippen LogP contribution in [0.15, 0.2) is 164 Å². The van der Waals surface area contributed by atoms with Gasteiger partial charge >= 0.3 is 0 Å². The van der Waals surface area contributed by atoms with E-state index in [0.29, 0.717) is 0 Å². The maximum Gasteiger partial charge on any atom is 0.221 e. The predicted octanol–water partition coefficient (Wildman–Crippen LogP) is 11.5. The van der Waals surface area contributed by atoms with Gasteiger partial charge in [0.05, 0.1) is 44.3 Å². The normalized spacial score (nSPS) is 12.3. The molecule has 8 aromatic carbocycles. The van der Waals surface area contributed by atoms with Crippen LogP contribution in [0.2, 0.25) is 0 Å². The second-order valence-corrected chi connectivity index (χ2v) is 13.4. The highest BCUT2D eigenvalue weighted by atomic mass is 15.2. The van der Waals surface area contributed by atoms with E-state index in [9.17, 15) is 0 Å². The van der Waals surface area contributed by atoms with Gasteiger partial charge in [-0.05, 0) is 59.3 Å². The molecule has 0 amide bonds. The van der Waals surface area contributed by atoms with Crippen molar-refractivity contribution in [2.45, 2.75) is 0 Å². The minimum atomic E-state index is 0.824. The molecule has 4 heterocycles. The number of rotatable bonds is 2. The first kappa shape index (κ1) is 26.9. The maximum absolute atomic E-state index is 5.44. The van der Waals surface area contributed by atoms with Gasteiger partial charge in [-0.25, -0.2) is 9.97 Å². The van der Waals surface area contributed by atoms with Crippen LogP contribution in [0.25, 0.3) is 104 Å². The Morgan fingerprint density at radius 2 is 0.980 bits per heavy atom. The quantitative estimate of drug-likeness (QED) is 0.187. The van der Waals surface area contributed by atoms with Gasteiger partial charge in [-0.15, -0.1) is 0 Å². The van der Waals surface area contributed by atoms with Crippen LogP contribution in [0.5, 0.6) is 0 Å². The van der Waals surface area contributed by atoms with E-state index in [2.05, 4.69) is 177 Å². The van der Waals surface area contributed by atoms with Gasteiger partial charge in [-0.1, -0.05) is 115 Å². The number of aromatic nitrogens is 5. The number of benzene rings is 8. The molecule has 0 saturated carbocycles. The number of fused-ring (bicyclic) bond motifs is 15. The number of imidazole rings is 1. The van der Waals surface area contributed by atoms with Crippen molar-refractivity contribution >= 4 is 92.7 Å². The fourth-order valence-electron chi connectivity index (χ4n) is 8.67. The lowest BCUT2D eigenvalue weighted by Crippen LogP contribution is -2.07. The smallest absolute Gasteiger partial charge is 0.221 e. The summed E-state index contributed by atoms with van der Waals surface area (Å²) in [6.45, 7) is 0. The summed E-state index contributed by atoms with van der Waals surface area (Å²) in [6, 6.07) is 58.8. The van der Waals surface area contributed by atoms with Crippen molar-refractivity contribution in [2.24, 2.45) is 0 Å². The van der Waals surface area contributed by atoms with Crippen molar-refractivity contribution in [1.82, 2.24) is 23.5 Å². The standard InChI is InChI=1S/C46H27N5/c1-2-14-29-28(13-1)25-26-41-43(29)34-19-7-11-23-39(34)49(41)42-27-35-31-16-6-10-22-38(31)50(44(35)32-17-4-3-15-30(32)42)46-48-36-20-8-5-18-33(36)45-47-37-21-9-12-24-40(37)51(45)46/h1-27H. The average Bonchev–Trinajstić information content (AvgIpc) is 3.86. The summed E-state index contributed by atoms with van der Waals surface area (Å²) in [7, 11) is 0. The van der Waals surface area contributed by atoms with E-state index in [-0.39, 0.29) is 0 Å². The lowest BCUT2D eigenvalue weighted by atomic mass is 10.0. The molecule has 0 aliphatic carbocycles. The van der Waals surface area contributed by atoms with Crippen LogP contribution in [0.3, 0.4) is 0 Å². The Hall–Kier alpha value is -6.98. The van der Waals surface area contributed by atoms with Crippen LogP contribution < -0.4 is 0 Å². The van der Waals surface area contributed by atoms with Gasteiger partial charge in [0, 0.05) is 37.7 Å². The highest BCUT2D eigenvalue weighted by Gasteiger charge is 2.24. The van der Waals surface area contributed by atoms with E-state index in [1.807, 2.05) is 0 Å². The molecule has 5 nitrogen and oxygen atoms in total. The van der Waals surface area contributed by atoms with Crippen molar-refractivity contribution in [3.63, 3.8) is 0 Å². The number of para-hydroxylation sites is 5. The summed E-state index contributed by atoms with van der Waals surface area (Å²) >= 11 is 0. The second-order valence-electron chi connectivity index (χ2n) is 13.4. The largest absolute Gasteiger partial charge is 0.309 e. The van der Waals surface area contributed by atoms with Crippen LogP contribution in [0.1, 0.15) is 0 Å². The molecule has 236 valence electrons. The molecule has 0 aliphatic heterocycles. The first-order chi connectivity index (χ1) is 25.3. The summed E-state index contributed by atoms with van der Waals surface area (Å²) in [6.07, 6.45) is 0. The highest BCUT2D eigenvalue weighted by Crippen LogP contribution is 2.43. The predicted molar refractivity (Wildman–Crippen MR) is 212 cm³/mol. The van der Waals surface area contributed by atoms with Gasteiger partial charge in [0.15, 0.2) is 0 Å². The number of hydrogen-bond donors (Lipinski definition) is 0. The Labute approximate surface area is 290 Å². The van der Waals surface area contributed by atoms with Crippen molar-refractivity contribution in [3.05, 3.63) is 164 Å². The monoisotopic (exact) mass is 649 g/mol. The molecule has 0 saturated heterocycles. The molecule has 5 heteroatoms. The van der Waals surface area contributed by atoms with E-state index in [4.69, 9.17) is 9.97 Å². The van der Waals surface area contributed by atoms with Gasteiger partial charge in [0.1, 0.15) is 5.65 Å². The Balaban J connectivity index is 1.29. The fourth-order valence-corrected chi connectivity index (χ4v) is 8.67. The molecular weight excluding hydrogens is 623 g/mol. The van der Waals surface area contributed by atoms with Gasteiger partial charge in [-0.3, -0.25) is 8.97 Å². The zero-order chi connectivity index (χ0) is 33.2. The third-order valence-electron chi connectivity index (χ3n) is 10.8. The fraction of sp³-hybridized carbons (Fsp3) is 0. The first-order valence-electron chi connectivity index (χ1n) is 17.4. The molecular formula is C46H27N5. The Kier molecular flexibility index (Phi) is 5.17. The maximum atomic E-state index is 5.44. The van der Waals surface area contributed by atoms with Gasteiger partial charge in [0.25, 0.3) is 0 Å². The molecule has 0 atom stereocenters. The number of hydrogen-bond acceptors (Lipinski definition) is 2. The average molecular weight is 650 g/mol. The number of nitrogens with zero attached hydrogens (tertiary/aromatic N) is 5. The van der Waals surface area contributed by atoms with Crippen LogP contribution in [0, 0.1) is 0 Å². The van der Waals surface area contributed by atoms with Gasteiger partial charge in [0.2, 0.25) is 5.95 Å². The minimum absolute atomic E-state index is 0.824. The molecule has 0 fully saturated rings. The van der Waals surface area contributed by atoms with Crippen LogP contribution in [-0.2, 0) is 0 Å². The van der Waals surface area contributed by atoms with Crippen molar-refractivity contribution < 1.29 is 0 Å². The van der Waals surface area contributed by atoms with E-state index < -0.39 is 0 Å². The third kappa shape index (κ3) is 3.49. The molecule has 0 N–H and O–H groups in total. The van der Waals surface area contributed by atoms with Crippen LogP contribution in [-0.4, -0.2) is 23.5 Å². The highest BCUT2D eigenvalue weighted by molar-refractivity contribution is 6.24. The zero-order valence-electron chi connectivity index (χ0n) is 27.3. The second kappa shape index (κ2) is 9.80. The summed E-state index contributed by atoms with van der Waals surface area (Å²) in [5.74, 6) is 0.824. The van der Waals surface area contributed by atoms with E-state index in [0.717, 1.165) is 50.3 Å². The topological polar surface area (TPSA) is 40.0 Å². The van der Waals surface area contributed by atoms with E-state index >= 15 is 0 Å².